The largest absolute Gasteiger partial charge is 0.508 e. The Kier molecular flexibility index (Phi) is 5.35. The highest BCUT2D eigenvalue weighted by Gasteiger charge is 2.03. The van der Waals surface area contributed by atoms with Gasteiger partial charge < -0.3 is 15.7 Å². The van der Waals surface area contributed by atoms with E-state index in [0.717, 1.165) is 11.1 Å². The summed E-state index contributed by atoms with van der Waals surface area (Å²) in [5.41, 5.74) is 2.83. The number of phenols is 1. The van der Waals surface area contributed by atoms with E-state index in [1.165, 1.54) is 0 Å². The van der Waals surface area contributed by atoms with Crippen LogP contribution in [0.2, 0.25) is 0 Å². The third kappa shape index (κ3) is 4.93. The van der Waals surface area contributed by atoms with E-state index >= 15 is 0 Å². The summed E-state index contributed by atoms with van der Waals surface area (Å²) in [5.74, 6) is 0.205. The molecule has 21 heavy (non-hydrogen) atoms. The maximum atomic E-state index is 11.9. The summed E-state index contributed by atoms with van der Waals surface area (Å²) in [5, 5.41) is 15.4. The van der Waals surface area contributed by atoms with Gasteiger partial charge in [0.05, 0.1) is 0 Å². The molecule has 0 saturated heterocycles. The number of aromatic hydroxyl groups is 1. The molecule has 4 nitrogen and oxygen atoms in total. The van der Waals surface area contributed by atoms with Crippen molar-refractivity contribution in [2.24, 2.45) is 0 Å². The van der Waals surface area contributed by atoms with Crippen LogP contribution in [0, 0.1) is 6.92 Å². The van der Waals surface area contributed by atoms with Crippen LogP contribution in [0.3, 0.4) is 0 Å². The summed E-state index contributed by atoms with van der Waals surface area (Å²) < 4.78 is 0. The second-order valence-corrected chi connectivity index (χ2v) is 4.97. The number of hydrogen-bond acceptors (Lipinski definition) is 3. The van der Waals surface area contributed by atoms with Crippen molar-refractivity contribution in [2.45, 2.75) is 13.5 Å². The van der Waals surface area contributed by atoms with Crippen molar-refractivity contribution in [2.75, 3.05) is 13.1 Å². The molecule has 0 aliphatic heterocycles. The van der Waals surface area contributed by atoms with Gasteiger partial charge in [-0.3, -0.25) is 4.79 Å². The molecule has 0 aliphatic carbocycles. The predicted octanol–water partition coefficient (Wildman–Crippen LogP) is 2.22. The van der Waals surface area contributed by atoms with Crippen LogP contribution in [0.4, 0.5) is 0 Å². The van der Waals surface area contributed by atoms with Gasteiger partial charge in [-0.25, -0.2) is 0 Å². The van der Waals surface area contributed by atoms with E-state index in [1.54, 1.807) is 12.1 Å². The van der Waals surface area contributed by atoms with Crippen molar-refractivity contribution < 1.29 is 9.90 Å². The summed E-state index contributed by atoms with van der Waals surface area (Å²) in [6.45, 7) is 3.89. The molecule has 2 aromatic rings. The van der Waals surface area contributed by atoms with Gasteiger partial charge in [0.15, 0.2) is 0 Å². The maximum absolute atomic E-state index is 11.9. The minimum atomic E-state index is -0.0610. The van der Waals surface area contributed by atoms with Gasteiger partial charge in [0.2, 0.25) is 0 Å². The minimum absolute atomic E-state index is 0.0610. The molecular formula is C17H20N2O2. The minimum Gasteiger partial charge on any atom is -0.508 e. The van der Waals surface area contributed by atoms with Crippen LogP contribution in [-0.4, -0.2) is 24.1 Å². The molecule has 0 atom stereocenters. The van der Waals surface area contributed by atoms with Crippen molar-refractivity contribution in [3.05, 3.63) is 65.2 Å². The highest BCUT2D eigenvalue weighted by molar-refractivity contribution is 5.94. The zero-order chi connectivity index (χ0) is 15.1. The van der Waals surface area contributed by atoms with Crippen LogP contribution in [0.5, 0.6) is 5.75 Å². The topological polar surface area (TPSA) is 61.4 Å². The molecule has 0 fully saturated rings. The Morgan fingerprint density at radius 1 is 1.10 bits per heavy atom. The summed E-state index contributed by atoms with van der Waals surface area (Å²) in [6, 6.07) is 14.6. The third-order valence-electron chi connectivity index (χ3n) is 3.14. The Labute approximate surface area is 124 Å². The molecule has 2 rings (SSSR count). The second kappa shape index (κ2) is 7.45. The van der Waals surface area contributed by atoms with Crippen LogP contribution >= 0.6 is 0 Å². The Bertz CT molecular complexity index is 594. The molecule has 1 amide bonds. The van der Waals surface area contributed by atoms with Gasteiger partial charge in [-0.1, -0.05) is 29.8 Å². The maximum Gasteiger partial charge on any atom is 0.251 e. The van der Waals surface area contributed by atoms with Gasteiger partial charge in [0, 0.05) is 25.2 Å². The fourth-order valence-electron chi connectivity index (χ4n) is 1.97. The molecule has 0 spiro atoms. The van der Waals surface area contributed by atoms with Crippen molar-refractivity contribution >= 4 is 5.91 Å². The molecule has 0 unspecified atom stereocenters. The van der Waals surface area contributed by atoms with E-state index in [-0.39, 0.29) is 11.7 Å². The molecular weight excluding hydrogens is 264 g/mol. The normalized spacial score (nSPS) is 10.3. The molecule has 0 aromatic heterocycles. The quantitative estimate of drug-likeness (QED) is 0.713. The van der Waals surface area contributed by atoms with Crippen LogP contribution in [0.1, 0.15) is 21.5 Å². The number of aryl methyl sites for hydroxylation is 1. The molecule has 3 N–H and O–H groups in total. The van der Waals surface area contributed by atoms with Crippen molar-refractivity contribution in [3.8, 4) is 5.75 Å². The highest BCUT2D eigenvalue weighted by Crippen LogP contribution is 2.10. The SMILES string of the molecule is Cc1ccc(C(=O)NCCNCc2cccc(O)c2)cc1. The number of rotatable bonds is 6. The fourth-order valence-corrected chi connectivity index (χ4v) is 1.97. The number of hydrogen-bond donors (Lipinski definition) is 3. The number of benzene rings is 2. The Hall–Kier alpha value is -2.33. The average Bonchev–Trinajstić information content (AvgIpc) is 2.47. The van der Waals surface area contributed by atoms with Gasteiger partial charge >= 0.3 is 0 Å². The molecule has 0 bridgehead atoms. The average molecular weight is 284 g/mol. The molecule has 110 valence electrons. The van der Waals surface area contributed by atoms with E-state index in [0.29, 0.717) is 25.2 Å². The van der Waals surface area contributed by atoms with Gasteiger partial charge in [-0.2, -0.15) is 0 Å². The van der Waals surface area contributed by atoms with Crippen LogP contribution in [0.25, 0.3) is 0 Å². The Balaban J connectivity index is 1.68. The predicted molar refractivity (Wildman–Crippen MR) is 83.3 cm³/mol. The smallest absolute Gasteiger partial charge is 0.251 e. The van der Waals surface area contributed by atoms with Crippen LogP contribution in [0.15, 0.2) is 48.5 Å². The number of nitrogens with one attached hydrogen (secondary N) is 2. The Morgan fingerprint density at radius 2 is 1.86 bits per heavy atom. The first-order chi connectivity index (χ1) is 10.1. The number of carbonyl (C=O) groups is 1. The zero-order valence-electron chi connectivity index (χ0n) is 12.1. The lowest BCUT2D eigenvalue weighted by Gasteiger charge is -2.07. The van der Waals surface area contributed by atoms with E-state index in [9.17, 15) is 9.90 Å². The van der Waals surface area contributed by atoms with E-state index < -0.39 is 0 Å². The standard InChI is InChI=1S/C17H20N2O2/c1-13-5-7-15(8-6-13)17(21)19-10-9-18-12-14-3-2-4-16(20)11-14/h2-8,11,18,20H,9-10,12H2,1H3,(H,19,21). The molecule has 0 saturated carbocycles. The lowest BCUT2D eigenvalue weighted by molar-refractivity contribution is 0.0954. The highest BCUT2D eigenvalue weighted by atomic mass is 16.3. The lowest BCUT2D eigenvalue weighted by Crippen LogP contribution is -2.31. The number of phenolic OH excluding ortho intramolecular Hbond substituents is 1. The first kappa shape index (κ1) is 15.1. The van der Waals surface area contributed by atoms with Gasteiger partial charge in [-0.15, -0.1) is 0 Å². The first-order valence-electron chi connectivity index (χ1n) is 6.98. The van der Waals surface area contributed by atoms with E-state index in [1.807, 2.05) is 43.3 Å². The summed E-state index contributed by atoms with van der Waals surface area (Å²) >= 11 is 0. The van der Waals surface area contributed by atoms with Crippen LogP contribution in [-0.2, 0) is 6.54 Å². The molecule has 2 aromatic carbocycles. The number of amides is 1. The van der Waals surface area contributed by atoms with Gasteiger partial charge in [0.25, 0.3) is 5.91 Å². The Morgan fingerprint density at radius 3 is 2.57 bits per heavy atom. The zero-order valence-corrected chi connectivity index (χ0v) is 12.1. The first-order valence-corrected chi connectivity index (χ1v) is 6.98. The third-order valence-corrected chi connectivity index (χ3v) is 3.14. The molecule has 0 aliphatic rings. The van der Waals surface area contributed by atoms with Gasteiger partial charge in [-0.05, 0) is 36.8 Å². The van der Waals surface area contributed by atoms with E-state index in [4.69, 9.17) is 0 Å². The van der Waals surface area contributed by atoms with Crippen LogP contribution < -0.4 is 10.6 Å². The summed E-state index contributed by atoms with van der Waals surface area (Å²) in [6.07, 6.45) is 0. The van der Waals surface area contributed by atoms with Crippen molar-refractivity contribution in [3.63, 3.8) is 0 Å². The van der Waals surface area contributed by atoms with Gasteiger partial charge in [0.1, 0.15) is 5.75 Å². The summed E-state index contributed by atoms with van der Waals surface area (Å²) in [7, 11) is 0. The lowest BCUT2D eigenvalue weighted by atomic mass is 10.1. The second-order valence-electron chi connectivity index (χ2n) is 4.97. The fraction of sp³-hybridized carbons (Fsp3) is 0.235. The molecule has 0 radical (unpaired) electrons. The number of carbonyl (C=O) groups excluding carboxylic acids is 1. The molecule has 4 heteroatoms. The monoisotopic (exact) mass is 284 g/mol. The van der Waals surface area contributed by atoms with Crippen molar-refractivity contribution in [1.29, 1.82) is 0 Å². The molecule has 0 heterocycles. The van der Waals surface area contributed by atoms with E-state index in [2.05, 4.69) is 10.6 Å². The summed E-state index contributed by atoms with van der Waals surface area (Å²) in [4.78, 5) is 11.9. The van der Waals surface area contributed by atoms with Crippen molar-refractivity contribution in [1.82, 2.24) is 10.6 Å².